The molecule has 0 fully saturated rings. The van der Waals surface area contributed by atoms with Gasteiger partial charge in [0.1, 0.15) is 17.0 Å². The number of aromatic nitrogens is 2. The van der Waals surface area contributed by atoms with Crippen molar-refractivity contribution in [2.75, 3.05) is 30.7 Å². The molecule has 0 atom stereocenters. The summed E-state index contributed by atoms with van der Waals surface area (Å²) in [6.07, 6.45) is 1.49. The number of nitrogens with one attached hydrogen (secondary N) is 1. The zero-order chi connectivity index (χ0) is 14.6. The van der Waals surface area contributed by atoms with Crippen molar-refractivity contribution in [3.05, 3.63) is 17.8 Å². The maximum atomic E-state index is 12.1. The van der Waals surface area contributed by atoms with Gasteiger partial charge in [-0.3, -0.25) is 0 Å². The fourth-order valence-electron chi connectivity index (χ4n) is 1.98. The maximum absolute atomic E-state index is 12.1. The second-order valence-electron chi connectivity index (χ2n) is 4.19. The van der Waals surface area contributed by atoms with E-state index in [2.05, 4.69) is 15.3 Å². The highest BCUT2D eigenvalue weighted by Gasteiger charge is 2.18. The Morgan fingerprint density at radius 2 is 2.05 bits per heavy atom. The summed E-state index contributed by atoms with van der Waals surface area (Å²) in [5.41, 5.74) is 0. The third kappa shape index (κ3) is 3.25. The van der Waals surface area contributed by atoms with Crippen molar-refractivity contribution in [1.29, 1.82) is 0 Å². The molecule has 0 saturated heterocycles. The summed E-state index contributed by atoms with van der Waals surface area (Å²) >= 11 is 1.54. The molecular formula is C12H18N4O2S2. The highest BCUT2D eigenvalue weighted by atomic mass is 32.2. The predicted molar refractivity (Wildman–Crippen MR) is 82.6 cm³/mol. The fraction of sp³-hybridized carbons (Fsp3) is 0.500. The number of sulfonamides is 1. The molecular weight excluding hydrogens is 296 g/mol. The summed E-state index contributed by atoms with van der Waals surface area (Å²) in [5, 5.41) is 5.95. The van der Waals surface area contributed by atoms with Crippen LogP contribution in [0.3, 0.4) is 0 Å². The van der Waals surface area contributed by atoms with Crippen LogP contribution in [-0.4, -0.2) is 48.1 Å². The number of nitrogens with zero attached hydrogens (tertiary/aromatic N) is 3. The Hall–Kier alpha value is -1.25. The Morgan fingerprint density at radius 1 is 1.30 bits per heavy atom. The van der Waals surface area contributed by atoms with Crippen LogP contribution in [0.5, 0.6) is 0 Å². The molecule has 0 aliphatic carbocycles. The highest BCUT2D eigenvalue weighted by molar-refractivity contribution is 7.89. The topological polar surface area (TPSA) is 75.2 Å². The van der Waals surface area contributed by atoms with Crippen LogP contribution < -0.4 is 5.32 Å². The van der Waals surface area contributed by atoms with E-state index in [1.54, 1.807) is 0 Å². The quantitative estimate of drug-likeness (QED) is 0.843. The van der Waals surface area contributed by atoms with E-state index in [0.29, 0.717) is 25.5 Å². The van der Waals surface area contributed by atoms with Gasteiger partial charge < -0.3 is 5.32 Å². The SMILES string of the molecule is CCN(CC)S(=O)(=O)CCNc1ncnc2sccc12. The number of anilines is 1. The van der Waals surface area contributed by atoms with Crippen LogP contribution in [0.2, 0.25) is 0 Å². The summed E-state index contributed by atoms with van der Waals surface area (Å²) in [5.74, 6) is 0.746. The molecule has 8 heteroatoms. The van der Waals surface area contributed by atoms with Gasteiger partial charge in [0.05, 0.1) is 11.1 Å². The molecule has 0 amide bonds. The monoisotopic (exact) mass is 314 g/mol. The lowest BCUT2D eigenvalue weighted by Gasteiger charge is -2.18. The zero-order valence-corrected chi connectivity index (χ0v) is 13.2. The molecule has 0 spiro atoms. The Labute approximate surface area is 122 Å². The summed E-state index contributed by atoms with van der Waals surface area (Å²) in [6.45, 7) is 5.02. The Kier molecular flexibility index (Phi) is 4.90. The van der Waals surface area contributed by atoms with Crippen molar-refractivity contribution < 1.29 is 8.42 Å². The third-order valence-corrected chi connectivity index (χ3v) is 5.86. The van der Waals surface area contributed by atoms with Gasteiger partial charge in [-0.15, -0.1) is 11.3 Å². The molecule has 1 N–H and O–H groups in total. The lowest BCUT2D eigenvalue weighted by molar-refractivity contribution is 0.446. The van der Waals surface area contributed by atoms with Crippen molar-refractivity contribution in [2.24, 2.45) is 0 Å². The van der Waals surface area contributed by atoms with Gasteiger partial charge in [-0.1, -0.05) is 13.8 Å². The zero-order valence-electron chi connectivity index (χ0n) is 11.5. The molecule has 0 bridgehead atoms. The van der Waals surface area contributed by atoms with Crippen molar-refractivity contribution in [3.63, 3.8) is 0 Å². The van der Waals surface area contributed by atoms with Crippen molar-refractivity contribution in [3.8, 4) is 0 Å². The first kappa shape index (κ1) is 15.1. The van der Waals surface area contributed by atoms with Gasteiger partial charge >= 0.3 is 0 Å². The average Bonchev–Trinajstić information content (AvgIpc) is 2.88. The molecule has 0 radical (unpaired) electrons. The van der Waals surface area contributed by atoms with E-state index in [9.17, 15) is 8.42 Å². The van der Waals surface area contributed by atoms with Gasteiger partial charge in [0, 0.05) is 19.6 Å². The molecule has 2 rings (SSSR count). The number of hydrogen-bond acceptors (Lipinski definition) is 6. The molecule has 2 aromatic rings. The van der Waals surface area contributed by atoms with Crippen molar-refractivity contribution >= 4 is 37.4 Å². The highest BCUT2D eigenvalue weighted by Crippen LogP contribution is 2.23. The molecule has 0 aromatic carbocycles. The second kappa shape index (κ2) is 6.47. The molecule has 2 heterocycles. The normalized spacial score (nSPS) is 12.2. The number of thiophene rings is 1. The minimum absolute atomic E-state index is 0.0598. The van der Waals surface area contributed by atoms with Gasteiger partial charge in [0.15, 0.2) is 0 Å². The predicted octanol–water partition coefficient (Wildman–Crippen LogP) is 1.77. The van der Waals surface area contributed by atoms with E-state index < -0.39 is 10.0 Å². The molecule has 0 aliphatic rings. The minimum Gasteiger partial charge on any atom is -0.368 e. The standard InChI is InChI=1S/C12H18N4O2S2/c1-3-16(4-2)20(17,18)8-6-13-11-10-5-7-19-12(10)15-9-14-11/h5,7,9H,3-4,6,8H2,1-2H3,(H,13,14,15). The maximum Gasteiger partial charge on any atom is 0.215 e. The van der Waals surface area contributed by atoms with Crippen LogP contribution >= 0.6 is 11.3 Å². The molecule has 6 nitrogen and oxygen atoms in total. The van der Waals surface area contributed by atoms with Gasteiger partial charge in [-0.05, 0) is 11.4 Å². The van der Waals surface area contributed by atoms with Crippen molar-refractivity contribution in [1.82, 2.24) is 14.3 Å². The first-order valence-corrected chi connectivity index (χ1v) is 8.97. The summed E-state index contributed by atoms with van der Waals surface area (Å²) in [7, 11) is -3.20. The first-order valence-electron chi connectivity index (χ1n) is 6.48. The van der Waals surface area contributed by atoms with E-state index >= 15 is 0 Å². The van der Waals surface area contributed by atoms with E-state index in [-0.39, 0.29) is 5.75 Å². The van der Waals surface area contributed by atoms with E-state index in [4.69, 9.17) is 0 Å². The summed E-state index contributed by atoms with van der Waals surface area (Å²) < 4.78 is 25.6. The van der Waals surface area contributed by atoms with Gasteiger partial charge in [0.25, 0.3) is 0 Å². The van der Waals surface area contributed by atoms with Crippen LogP contribution in [0, 0.1) is 0 Å². The van der Waals surface area contributed by atoms with Crippen LogP contribution in [0.4, 0.5) is 5.82 Å². The van der Waals surface area contributed by atoms with Gasteiger partial charge in [-0.25, -0.2) is 22.7 Å². The second-order valence-corrected chi connectivity index (χ2v) is 7.17. The Balaban J connectivity index is 2.01. The van der Waals surface area contributed by atoms with Crippen molar-refractivity contribution in [2.45, 2.75) is 13.8 Å². The Morgan fingerprint density at radius 3 is 2.75 bits per heavy atom. The van der Waals surface area contributed by atoms with Crippen LogP contribution in [0.1, 0.15) is 13.8 Å². The van der Waals surface area contributed by atoms with Crippen LogP contribution in [0.25, 0.3) is 10.2 Å². The molecule has 2 aromatic heterocycles. The van der Waals surface area contributed by atoms with Gasteiger partial charge in [-0.2, -0.15) is 0 Å². The third-order valence-electron chi connectivity index (χ3n) is 3.01. The molecule has 0 unspecified atom stereocenters. The van der Waals surface area contributed by atoms with Crippen LogP contribution in [0.15, 0.2) is 17.8 Å². The molecule has 0 aliphatic heterocycles. The summed E-state index contributed by atoms with van der Waals surface area (Å²) in [6, 6.07) is 1.93. The van der Waals surface area contributed by atoms with E-state index in [0.717, 1.165) is 10.2 Å². The largest absolute Gasteiger partial charge is 0.368 e. The number of rotatable bonds is 7. The lowest BCUT2D eigenvalue weighted by Crippen LogP contribution is -2.34. The summed E-state index contributed by atoms with van der Waals surface area (Å²) in [4.78, 5) is 9.21. The molecule has 110 valence electrons. The smallest absolute Gasteiger partial charge is 0.215 e. The minimum atomic E-state index is -3.20. The number of fused-ring (bicyclic) bond motifs is 1. The number of hydrogen-bond donors (Lipinski definition) is 1. The average molecular weight is 314 g/mol. The van der Waals surface area contributed by atoms with Crippen LogP contribution in [-0.2, 0) is 10.0 Å². The van der Waals surface area contributed by atoms with Gasteiger partial charge in [0.2, 0.25) is 10.0 Å². The molecule has 0 saturated carbocycles. The van der Waals surface area contributed by atoms with E-state index in [1.807, 2.05) is 25.3 Å². The Bertz CT molecular complexity index is 665. The fourth-order valence-corrected chi connectivity index (χ4v) is 4.11. The first-order chi connectivity index (χ1) is 9.58. The lowest BCUT2D eigenvalue weighted by atomic mass is 10.4. The van der Waals surface area contributed by atoms with E-state index in [1.165, 1.54) is 22.0 Å². The molecule has 20 heavy (non-hydrogen) atoms.